The Morgan fingerprint density at radius 3 is 2.31 bits per heavy atom. The predicted molar refractivity (Wildman–Crippen MR) is 108 cm³/mol. The second-order valence-corrected chi connectivity index (χ2v) is 6.62. The van der Waals surface area contributed by atoms with Gasteiger partial charge in [-0.25, -0.2) is 0 Å². The number of para-hydroxylation sites is 2. The Morgan fingerprint density at radius 1 is 1.03 bits per heavy atom. The van der Waals surface area contributed by atoms with Gasteiger partial charge in [0.2, 0.25) is 5.91 Å². The SMILES string of the molecule is Cl.N[C@H]1CN(CCOCc2ccccc2)c2ccccc2N(CC(F)(F)F)C1=O. The molecule has 0 saturated carbocycles. The number of ether oxygens (including phenoxy) is 1. The van der Waals surface area contributed by atoms with E-state index in [1.165, 1.54) is 6.07 Å². The molecule has 2 aromatic carbocycles. The fraction of sp³-hybridized carbons (Fsp3) is 0.350. The van der Waals surface area contributed by atoms with Crippen molar-refractivity contribution in [2.24, 2.45) is 5.73 Å². The topological polar surface area (TPSA) is 58.8 Å². The molecule has 158 valence electrons. The molecule has 0 radical (unpaired) electrons. The average molecular weight is 430 g/mol. The molecule has 1 aliphatic rings. The van der Waals surface area contributed by atoms with Crippen LogP contribution in [-0.4, -0.2) is 44.4 Å². The Labute approximate surface area is 173 Å². The van der Waals surface area contributed by atoms with Crippen LogP contribution in [0.1, 0.15) is 5.56 Å². The van der Waals surface area contributed by atoms with Crippen molar-refractivity contribution in [2.45, 2.75) is 18.8 Å². The van der Waals surface area contributed by atoms with Crippen LogP contribution in [-0.2, 0) is 16.1 Å². The summed E-state index contributed by atoms with van der Waals surface area (Å²) in [6.45, 7) is -0.0522. The zero-order valence-corrected chi connectivity index (χ0v) is 16.5. The molecule has 1 heterocycles. The number of anilines is 2. The number of benzene rings is 2. The number of carbonyl (C=O) groups excluding carboxylic acids is 1. The van der Waals surface area contributed by atoms with Crippen molar-refractivity contribution in [3.8, 4) is 0 Å². The van der Waals surface area contributed by atoms with Crippen LogP contribution in [0.25, 0.3) is 0 Å². The van der Waals surface area contributed by atoms with Gasteiger partial charge in [-0.05, 0) is 17.7 Å². The van der Waals surface area contributed by atoms with E-state index in [1.54, 1.807) is 23.1 Å². The first-order chi connectivity index (χ1) is 13.3. The summed E-state index contributed by atoms with van der Waals surface area (Å²) in [5.41, 5.74) is 7.69. The average Bonchev–Trinajstić information content (AvgIpc) is 2.76. The smallest absolute Gasteiger partial charge is 0.375 e. The van der Waals surface area contributed by atoms with Gasteiger partial charge in [0.05, 0.1) is 24.6 Å². The summed E-state index contributed by atoms with van der Waals surface area (Å²) in [5, 5.41) is 0. The Bertz CT molecular complexity index is 805. The number of halogens is 4. The first kappa shape index (κ1) is 23.0. The monoisotopic (exact) mass is 429 g/mol. The van der Waals surface area contributed by atoms with E-state index < -0.39 is 24.7 Å². The van der Waals surface area contributed by atoms with Crippen molar-refractivity contribution in [1.29, 1.82) is 0 Å². The highest BCUT2D eigenvalue weighted by Gasteiger charge is 2.39. The molecule has 5 nitrogen and oxygen atoms in total. The summed E-state index contributed by atoms with van der Waals surface area (Å²) in [5.74, 6) is -0.738. The molecule has 0 bridgehead atoms. The van der Waals surface area contributed by atoms with Crippen molar-refractivity contribution in [3.05, 3.63) is 60.2 Å². The number of hydrogen-bond donors (Lipinski definition) is 1. The van der Waals surface area contributed by atoms with Gasteiger partial charge >= 0.3 is 6.18 Å². The molecule has 9 heteroatoms. The lowest BCUT2D eigenvalue weighted by Gasteiger charge is -2.27. The lowest BCUT2D eigenvalue weighted by Crippen LogP contribution is -2.50. The summed E-state index contributed by atoms with van der Waals surface area (Å²) in [6.07, 6.45) is -4.52. The van der Waals surface area contributed by atoms with E-state index in [0.717, 1.165) is 10.5 Å². The van der Waals surface area contributed by atoms with Crippen molar-refractivity contribution in [3.63, 3.8) is 0 Å². The summed E-state index contributed by atoms with van der Waals surface area (Å²) in [7, 11) is 0. The van der Waals surface area contributed by atoms with Crippen molar-refractivity contribution < 1.29 is 22.7 Å². The summed E-state index contributed by atoms with van der Waals surface area (Å²) < 4.78 is 44.7. The molecule has 0 aliphatic carbocycles. The zero-order valence-electron chi connectivity index (χ0n) is 15.6. The maximum Gasteiger partial charge on any atom is 0.406 e. The van der Waals surface area contributed by atoms with E-state index >= 15 is 0 Å². The van der Waals surface area contributed by atoms with Crippen molar-refractivity contribution in [2.75, 3.05) is 36.0 Å². The van der Waals surface area contributed by atoms with Gasteiger partial charge in [-0.1, -0.05) is 42.5 Å². The maximum atomic E-state index is 13.0. The van der Waals surface area contributed by atoms with Gasteiger partial charge in [0.1, 0.15) is 12.6 Å². The number of carbonyl (C=O) groups is 1. The first-order valence-electron chi connectivity index (χ1n) is 8.94. The van der Waals surface area contributed by atoms with Crippen LogP contribution < -0.4 is 15.5 Å². The van der Waals surface area contributed by atoms with Gasteiger partial charge in [0.15, 0.2) is 0 Å². The maximum absolute atomic E-state index is 13.0. The van der Waals surface area contributed by atoms with Crippen molar-refractivity contribution >= 4 is 29.7 Å². The minimum Gasteiger partial charge on any atom is -0.375 e. The largest absolute Gasteiger partial charge is 0.406 e. The summed E-state index contributed by atoms with van der Waals surface area (Å²) in [6, 6.07) is 15.1. The molecule has 1 amide bonds. The fourth-order valence-electron chi connectivity index (χ4n) is 3.19. The molecule has 1 atom stereocenters. The van der Waals surface area contributed by atoms with Gasteiger partial charge in [-0.15, -0.1) is 12.4 Å². The molecule has 29 heavy (non-hydrogen) atoms. The number of amides is 1. The van der Waals surface area contributed by atoms with E-state index in [0.29, 0.717) is 25.4 Å². The van der Waals surface area contributed by atoms with Crippen LogP contribution >= 0.6 is 12.4 Å². The number of nitrogens with zero attached hydrogens (tertiary/aromatic N) is 2. The lowest BCUT2D eigenvalue weighted by molar-refractivity contribution is -0.132. The predicted octanol–water partition coefficient (Wildman–Crippen LogP) is 3.37. The van der Waals surface area contributed by atoms with Gasteiger partial charge in [-0.3, -0.25) is 9.69 Å². The number of rotatable bonds is 6. The third-order valence-electron chi connectivity index (χ3n) is 4.47. The van der Waals surface area contributed by atoms with Gasteiger partial charge < -0.3 is 15.4 Å². The molecule has 0 saturated heterocycles. The minimum absolute atomic E-state index is 0. The third kappa shape index (κ3) is 6.09. The molecule has 2 aromatic rings. The van der Waals surface area contributed by atoms with Gasteiger partial charge in [0, 0.05) is 13.1 Å². The highest BCUT2D eigenvalue weighted by Crippen LogP contribution is 2.34. The molecule has 0 unspecified atom stereocenters. The van der Waals surface area contributed by atoms with Crippen LogP contribution in [0.4, 0.5) is 24.5 Å². The van der Waals surface area contributed by atoms with E-state index in [1.807, 2.05) is 30.3 Å². The van der Waals surface area contributed by atoms with E-state index in [4.69, 9.17) is 10.5 Å². The van der Waals surface area contributed by atoms with Crippen LogP contribution in [0.2, 0.25) is 0 Å². The Hall–Kier alpha value is -2.29. The molecule has 1 aliphatic heterocycles. The third-order valence-corrected chi connectivity index (χ3v) is 4.47. The minimum atomic E-state index is -4.52. The van der Waals surface area contributed by atoms with Crippen LogP contribution in [0.3, 0.4) is 0 Å². The molecule has 0 spiro atoms. The normalized spacial score (nSPS) is 16.8. The van der Waals surface area contributed by atoms with Gasteiger partial charge in [-0.2, -0.15) is 13.2 Å². The Morgan fingerprint density at radius 2 is 1.66 bits per heavy atom. The number of hydrogen-bond acceptors (Lipinski definition) is 4. The van der Waals surface area contributed by atoms with Crippen LogP contribution in [0.15, 0.2) is 54.6 Å². The van der Waals surface area contributed by atoms with E-state index in [2.05, 4.69) is 0 Å². The standard InChI is InChI=1S/C20H22F3N3O2.ClH/c21-20(22,23)14-26-18-9-5-4-8-17(18)25(12-16(24)19(26)27)10-11-28-13-15-6-2-1-3-7-15;/h1-9,16H,10-14,24H2;1H/t16-;/m0./s1. The molecule has 0 fully saturated rings. The highest BCUT2D eigenvalue weighted by molar-refractivity contribution is 6.01. The summed E-state index contributed by atoms with van der Waals surface area (Å²) >= 11 is 0. The molecule has 0 aromatic heterocycles. The quantitative estimate of drug-likeness (QED) is 0.715. The number of fused-ring (bicyclic) bond motifs is 1. The molecule has 2 N–H and O–H groups in total. The molecular formula is C20H23ClF3N3O2. The highest BCUT2D eigenvalue weighted by atomic mass is 35.5. The zero-order chi connectivity index (χ0) is 20.1. The molecule has 3 rings (SSSR count). The van der Waals surface area contributed by atoms with Crippen LogP contribution in [0.5, 0.6) is 0 Å². The second-order valence-electron chi connectivity index (χ2n) is 6.62. The first-order valence-corrected chi connectivity index (χ1v) is 8.94. The summed E-state index contributed by atoms with van der Waals surface area (Å²) in [4.78, 5) is 15.0. The second kappa shape index (κ2) is 9.96. The van der Waals surface area contributed by atoms with Gasteiger partial charge in [0.25, 0.3) is 0 Å². The number of nitrogens with two attached hydrogens (primary N) is 1. The Kier molecular flexibility index (Phi) is 7.89. The van der Waals surface area contributed by atoms with Crippen LogP contribution in [0, 0.1) is 0 Å². The lowest BCUT2D eigenvalue weighted by atomic mass is 10.2. The van der Waals surface area contributed by atoms with E-state index in [9.17, 15) is 18.0 Å². The molecular weight excluding hydrogens is 407 g/mol. The fourth-order valence-corrected chi connectivity index (χ4v) is 3.19. The van der Waals surface area contributed by atoms with E-state index in [-0.39, 0.29) is 24.6 Å². The van der Waals surface area contributed by atoms with Crippen molar-refractivity contribution in [1.82, 2.24) is 0 Å². The Balaban J connectivity index is 0.00000300. The number of alkyl halides is 3.